The lowest BCUT2D eigenvalue weighted by Crippen LogP contribution is -2.10. The summed E-state index contributed by atoms with van der Waals surface area (Å²) in [4.78, 5) is 4.72. The predicted molar refractivity (Wildman–Crippen MR) is 102 cm³/mol. The highest BCUT2D eigenvalue weighted by atomic mass is 16.5. The molecule has 4 rings (SSSR count). The van der Waals surface area contributed by atoms with Gasteiger partial charge in [0.1, 0.15) is 11.6 Å². The van der Waals surface area contributed by atoms with Gasteiger partial charge in [0.2, 0.25) is 0 Å². The van der Waals surface area contributed by atoms with Crippen LogP contribution >= 0.6 is 0 Å². The van der Waals surface area contributed by atoms with Crippen LogP contribution in [0.1, 0.15) is 19.4 Å². The molecule has 1 aliphatic rings. The molecule has 1 fully saturated rings. The molecule has 0 radical (unpaired) electrons. The van der Waals surface area contributed by atoms with E-state index in [-0.39, 0.29) is 6.10 Å². The van der Waals surface area contributed by atoms with Crippen LogP contribution in [0, 0.1) is 0 Å². The molecule has 3 aromatic rings. The SMILES string of the molecule is CC(C)Oc1cccc(Nc2ccn3ncc(C=C4CNCN4)c3n2)c1. The van der Waals surface area contributed by atoms with E-state index in [0.29, 0.717) is 0 Å². The van der Waals surface area contributed by atoms with Gasteiger partial charge in [0.25, 0.3) is 0 Å². The maximum absolute atomic E-state index is 5.75. The average molecular weight is 350 g/mol. The number of aromatic nitrogens is 3. The number of ether oxygens (including phenoxy) is 1. The molecule has 3 N–H and O–H groups in total. The molecule has 0 atom stereocenters. The van der Waals surface area contributed by atoms with Crippen LogP contribution in [-0.4, -0.2) is 33.9 Å². The molecule has 0 spiro atoms. The summed E-state index contributed by atoms with van der Waals surface area (Å²) in [7, 11) is 0. The van der Waals surface area contributed by atoms with Crippen LogP contribution in [-0.2, 0) is 0 Å². The molecule has 1 aliphatic heterocycles. The Kier molecular flexibility index (Phi) is 4.45. The number of fused-ring (bicyclic) bond motifs is 1. The van der Waals surface area contributed by atoms with Gasteiger partial charge in [0.15, 0.2) is 5.65 Å². The lowest BCUT2D eigenvalue weighted by Gasteiger charge is -2.12. The third-order valence-corrected chi connectivity index (χ3v) is 3.96. The summed E-state index contributed by atoms with van der Waals surface area (Å²) in [5, 5.41) is 14.2. The molecule has 2 aromatic heterocycles. The molecular weight excluding hydrogens is 328 g/mol. The van der Waals surface area contributed by atoms with Gasteiger partial charge in [-0.15, -0.1) is 0 Å². The lowest BCUT2D eigenvalue weighted by molar-refractivity contribution is 0.242. The second-order valence-corrected chi connectivity index (χ2v) is 6.45. The molecule has 26 heavy (non-hydrogen) atoms. The number of benzene rings is 1. The van der Waals surface area contributed by atoms with Crippen LogP contribution in [0.2, 0.25) is 0 Å². The second kappa shape index (κ2) is 7.05. The third-order valence-electron chi connectivity index (χ3n) is 3.96. The first-order valence-electron chi connectivity index (χ1n) is 8.71. The minimum atomic E-state index is 0.140. The van der Waals surface area contributed by atoms with E-state index in [1.807, 2.05) is 56.6 Å². The van der Waals surface area contributed by atoms with Crippen LogP contribution in [0.4, 0.5) is 11.5 Å². The molecule has 1 aromatic carbocycles. The quantitative estimate of drug-likeness (QED) is 0.657. The van der Waals surface area contributed by atoms with Crippen molar-refractivity contribution in [2.45, 2.75) is 20.0 Å². The van der Waals surface area contributed by atoms with Crippen LogP contribution in [0.15, 0.2) is 48.4 Å². The van der Waals surface area contributed by atoms with Crippen molar-refractivity contribution in [3.63, 3.8) is 0 Å². The van der Waals surface area contributed by atoms with Gasteiger partial charge in [-0.2, -0.15) is 5.10 Å². The summed E-state index contributed by atoms with van der Waals surface area (Å²) in [6.07, 6.45) is 5.95. The standard InChI is InChI=1S/C19H22N6O/c1-13(2)26-17-5-3-4-15(9-17)23-18-6-7-25-19(24-18)14(10-22-25)8-16-11-20-12-21-16/h3-10,13,20-21H,11-12H2,1-2H3,(H,23,24). The highest BCUT2D eigenvalue weighted by Crippen LogP contribution is 2.22. The van der Waals surface area contributed by atoms with Gasteiger partial charge < -0.3 is 15.4 Å². The number of anilines is 2. The van der Waals surface area contributed by atoms with E-state index in [1.54, 1.807) is 4.52 Å². The zero-order valence-corrected chi connectivity index (χ0v) is 14.9. The van der Waals surface area contributed by atoms with Crippen LogP contribution < -0.4 is 20.7 Å². The summed E-state index contributed by atoms with van der Waals surface area (Å²) < 4.78 is 7.52. The summed E-state index contributed by atoms with van der Waals surface area (Å²) in [6, 6.07) is 9.78. The van der Waals surface area contributed by atoms with Gasteiger partial charge in [0.05, 0.1) is 19.0 Å². The first kappa shape index (κ1) is 16.4. The van der Waals surface area contributed by atoms with Crippen molar-refractivity contribution in [1.29, 1.82) is 0 Å². The number of hydrogen-bond donors (Lipinski definition) is 3. The Morgan fingerprint density at radius 1 is 1.31 bits per heavy atom. The van der Waals surface area contributed by atoms with E-state index in [1.165, 1.54) is 0 Å². The van der Waals surface area contributed by atoms with Gasteiger partial charge in [-0.1, -0.05) is 6.07 Å². The molecule has 7 nitrogen and oxygen atoms in total. The average Bonchev–Trinajstić information content (AvgIpc) is 3.25. The molecule has 0 saturated carbocycles. The third kappa shape index (κ3) is 3.62. The zero-order valence-electron chi connectivity index (χ0n) is 14.9. The molecule has 0 bridgehead atoms. The van der Waals surface area contributed by atoms with E-state index < -0.39 is 0 Å². The fourth-order valence-corrected chi connectivity index (χ4v) is 2.85. The first-order valence-corrected chi connectivity index (χ1v) is 8.71. The molecule has 0 unspecified atom stereocenters. The summed E-state index contributed by atoms with van der Waals surface area (Å²) in [5.41, 5.74) is 3.86. The van der Waals surface area contributed by atoms with Gasteiger partial charge in [-0.25, -0.2) is 9.50 Å². The molecule has 3 heterocycles. The van der Waals surface area contributed by atoms with Crippen LogP contribution in [0.5, 0.6) is 5.75 Å². The Bertz CT molecular complexity index is 938. The highest BCUT2D eigenvalue weighted by molar-refractivity contribution is 5.69. The lowest BCUT2D eigenvalue weighted by atomic mass is 10.2. The fraction of sp³-hybridized carbons (Fsp3) is 0.263. The number of nitrogens with one attached hydrogen (secondary N) is 3. The van der Waals surface area contributed by atoms with Crippen molar-refractivity contribution in [2.75, 3.05) is 18.5 Å². The Morgan fingerprint density at radius 2 is 2.23 bits per heavy atom. The Morgan fingerprint density at radius 3 is 3.04 bits per heavy atom. The highest BCUT2D eigenvalue weighted by Gasteiger charge is 2.09. The van der Waals surface area contributed by atoms with E-state index in [0.717, 1.165) is 47.4 Å². The summed E-state index contributed by atoms with van der Waals surface area (Å²) >= 11 is 0. The van der Waals surface area contributed by atoms with E-state index in [2.05, 4.69) is 27.1 Å². The fourth-order valence-electron chi connectivity index (χ4n) is 2.85. The van der Waals surface area contributed by atoms with Crippen LogP contribution in [0.3, 0.4) is 0 Å². The molecular formula is C19H22N6O. The van der Waals surface area contributed by atoms with E-state index in [4.69, 9.17) is 9.72 Å². The maximum Gasteiger partial charge on any atom is 0.164 e. The molecule has 0 aliphatic carbocycles. The predicted octanol–water partition coefficient (Wildman–Crippen LogP) is 2.75. The minimum Gasteiger partial charge on any atom is -0.491 e. The molecule has 0 amide bonds. The van der Waals surface area contributed by atoms with Crippen molar-refractivity contribution in [3.8, 4) is 5.75 Å². The Hall–Kier alpha value is -3.06. The summed E-state index contributed by atoms with van der Waals surface area (Å²) in [5.74, 6) is 1.59. The van der Waals surface area contributed by atoms with E-state index in [9.17, 15) is 0 Å². The number of nitrogens with zero attached hydrogens (tertiary/aromatic N) is 3. The topological polar surface area (TPSA) is 75.5 Å². The van der Waals surface area contributed by atoms with Crippen molar-refractivity contribution < 1.29 is 4.74 Å². The van der Waals surface area contributed by atoms with Crippen molar-refractivity contribution in [3.05, 3.63) is 54.0 Å². The number of rotatable bonds is 5. The maximum atomic E-state index is 5.75. The zero-order chi connectivity index (χ0) is 17.9. The van der Waals surface area contributed by atoms with Crippen molar-refractivity contribution >= 4 is 23.2 Å². The van der Waals surface area contributed by atoms with Gasteiger partial charge in [0, 0.05) is 35.8 Å². The first-order chi connectivity index (χ1) is 12.7. The van der Waals surface area contributed by atoms with Crippen molar-refractivity contribution in [2.24, 2.45) is 0 Å². The monoisotopic (exact) mass is 350 g/mol. The smallest absolute Gasteiger partial charge is 0.164 e. The van der Waals surface area contributed by atoms with Gasteiger partial charge in [-0.05, 0) is 38.1 Å². The van der Waals surface area contributed by atoms with Gasteiger partial charge >= 0.3 is 0 Å². The minimum absolute atomic E-state index is 0.140. The Balaban J connectivity index is 1.60. The van der Waals surface area contributed by atoms with Crippen molar-refractivity contribution in [1.82, 2.24) is 25.2 Å². The summed E-state index contributed by atoms with van der Waals surface area (Å²) in [6.45, 7) is 5.65. The number of hydrogen-bond acceptors (Lipinski definition) is 6. The van der Waals surface area contributed by atoms with Crippen LogP contribution in [0.25, 0.3) is 11.7 Å². The Labute approximate surface area is 152 Å². The molecule has 134 valence electrons. The second-order valence-electron chi connectivity index (χ2n) is 6.45. The molecule has 7 heteroatoms. The van der Waals surface area contributed by atoms with E-state index >= 15 is 0 Å². The normalized spacial score (nSPS) is 15.6. The largest absolute Gasteiger partial charge is 0.491 e. The molecule has 1 saturated heterocycles. The van der Waals surface area contributed by atoms with Gasteiger partial charge in [-0.3, -0.25) is 5.32 Å².